The van der Waals surface area contributed by atoms with Crippen molar-refractivity contribution in [1.82, 2.24) is 0 Å². The Hall–Kier alpha value is -2.56. The quantitative estimate of drug-likeness (QED) is 0.671. The van der Waals surface area contributed by atoms with Gasteiger partial charge < -0.3 is 15.8 Å². The minimum Gasteiger partial charge on any atom is -0.495 e. The molecule has 0 bridgehead atoms. The molecule has 0 aliphatic rings. The summed E-state index contributed by atoms with van der Waals surface area (Å²) in [6.07, 6.45) is 0. The lowest BCUT2D eigenvalue weighted by Crippen LogP contribution is -2.22. The summed E-state index contributed by atoms with van der Waals surface area (Å²) in [6, 6.07) is 12.4. The maximum Gasteiger partial charge on any atom is 0.193 e. The molecule has 0 unspecified atom stereocenters. The molecule has 0 aliphatic carbocycles. The number of rotatable bonds is 4. The molecule has 0 radical (unpaired) electrons. The Morgan fingerprint density at radius 2 is 2.05 bits per heavy atom. The molecule has 3 N–H and O–H groups in total. The van der Waals surface area contributed by atoms with Crippen molar-refractivity contribution in [2.75, 3.05) is 12.4 Å². The number of nitrogens with zero attached hydrogens (tertiary/aromatic N) is 1. The summed E-state index contributed by atoms with van der Waals surface area (Å²) in [5.74, 6) is 0.691. The van der Waals surface area contributed by atoms with Crippen molar-refractivity contribution in [2.45, 2.75) is 13.5 Å². The number of guanidine groups is 1. The van der Waals surface area contributed by atoms with Gasteiger partial charge in [0.05, 0.1) is 19.3 Å². The molecule has 0 saturated heterocycles. The topological polar surface area (TPSA) is 59.6 Å². The number of benzene rings is 2. The third-order valence-electron chi connectivity index (χ3n) is 3.04. The molecule has 21 heavy (non-hydrogen) atoms. The van der Waals surface area contributed by atoms with Crippen molar-refractivity contribution in [3.63, 3.8) is 0 Å². The van der Waals surface area contributed by atoms with E-state index < -0.39 is 0 Å². The summed E-state index contributed by atoms with van der Waals surface area (Å²) in [7, 11) is 1.59. The molecule has 4 nitrogen and oxygen atoms in total. The molecular weight excluding hydrogens is 269 g/mol. The van der Waals surface area contributed by atoms with E-state index >= 15 is 0 Å². The molecule has 110 valence electrons. The maximum absolute atomic E-state index is 13.4. The zero-order valence-electron chi connectivity index (χ0n) is 12.1. The molecule has 2 rings (SSSR count). The lowest BCUT2D eigenvalue weighted by atomic mass is 10.1. The summed E-state index contributed by atoms with van der Waals surface area (Å²) < 4.78 is 18.7. The Morgan fingerprint density at radius 3 is 2.76 bits per heavy atom. The van der Waals surface area contributed by atoms with Gasteiger partial charge in [0.2, 0.25) is 0 Å². The number of para-hydroxylation sites is 2. The van der Waals surface area contributed by atoms with Crippen LogP contribution in [0.5, 0.6) is 5.75 Å². The van der Waals surface area contributed by atoms with E-state index in [4.69, 9.17) is 10.5 Å². The van der Waals surface area contributed by atoms with Crippen molar-refractivity contribution >= 4 is 11.6 Å². The van der Waals surface area contributed by atoms with Crippen LogP contribution in [0.3, 0.4) is 0 Å². The number of halogens is 1. The van der Waals surface area contributed by atoms with Gasteiger partial charge in [0.25, 0.3) is 0 Å². The monoisotopic (exact) mass is 287 g/mol. The molecule has 0 atom stereocenters. The Kier molecular flexibility index (Phi) is 4.77. The van der Waals surface area contributed by atoms with E-state index in [0.717, 1.165) is 11.3 Å². The highest BCUT2D eigenvalue weighted by molar-refractivity contribution is 5.93. The number of nitrogens with one attached hydrogen (secondary N) is 1. The fraction of sp³-hybridized carbons (Fsp3) is 0.188. The van der Waals surface area contributed by atoms with E-state index in [-0.39, 0.29) is 11.8 Å². The first-order valence-corrected chi connectivity index (χ1v) is 6.55. The summed E-state index contributed by atoms with van der Waals surface area (Å²) >= 11 is 0. The number of ether oxygens (including phenoxy) is 1. The van der Waals surface area contributed by atoms with Crippen LogP contribution in [0.15, 0.2) is 47.5 Å². The van der Waals surface area contributed by atoms with Crippen molar-refractivity contribution in [3.05, 3.63) is 59.4 Å². The van der Waals surface area contributed by atoms with Crippen molar-refractivity contribution in [1.29, 1.82) is 0 Å². The average Bonchev–Trinajstić information content (AvgIpc) is 2.49. The lowest BCUT2D eigenvalue weighted by molar-refractivity contribution is 0.417. The summed E-state index contributed by atoms with van der Waals surface area (Å²) in [5.41, 5.74) is 7.95. The van der Waals surface area contributed by atoms with Gasteiger partial charge in [-0.1, -0.05) is 24.3 Å². The Bertz CT molecular complexity index is 656. The molecule has 0 aliphatic heterocycles. The van der Waals surface area contributed by atoms with Crippen LogP contribution in [0.4, 0.5) is 10.1 Å². The Balaban J connectivity index is 2.05. The van der Waals surface area contributed by atoms with Gasteiger partial charge in [-0.3, -0.25) is 0 Å². The third-order valence-corrected chi connectivity index (χ3v) is 3.04. The van der Waals surface area contributed by atoms with Gasteiger partial charge in [-0.05, 0) is 36.2 Å². The first kappa shape index (κ1) is 14.8. The van der Waals surface area contributed by atoms with Crippen LogP contribution in [-0.2, 0) is 6.54 Å². The summed E-state index contributed by atoms with van der Waals surface area (Å²) in [5, 5.41) is 2.97. The maximum atomic E-state index is 13.4. The molecule has 2 aromatic rings. The number of anilines is 1. The van der Waals surface area contributed by atoms with E-state index in [1.807, 2.05) is 30.3 Å². The molecular formula is C16H18FN3O. The Labute approximate surface area is 123 Å². The predicted octanol–water partition coefficient (Wildman–Crippen LogP) is 3.07. The van der Waals surface area contributed by atoms with Gasteiger partial charge in [0.1, 0.15) is 11.6 Å². The van der Waals surface area contributed by atoms with Gasteiger partial charge in [-0.25, -0.2) is 9.38 Å². The van der Waals surface area contributed by atoms with E-state index in [2.05, 4.69) is 10.3 Å². The molecule has 2 aromatic carbocycles. The zero-order valence-corrected chi connectivity index (χ0v) is 12.1. The molecule has 0 amide bonds. The largest absolute Gasteiger partial charge is 0.495 e. The number of hydrogen-bond donors (Lipinski definition) is 2. The SMILES string of the molecule is COc1ccccc1NC(N)=NCc1ccc(C)c(F)c1. The van der Waals surface area contributed by atoms with Crippen LogP contribution in [-0.4, -0.2) is 13.1 Å². The number of methoxy groups -OCH3 is 1. The molecule has 0 heterocycles. The van der Waals surface area contributed by atoms with Crippen LogP contribution in [0.25, 0.3) is 0 Å². The van der Waals surface area contributed by atoms with Crippen LogP contribution >= 0.6 is 0 Å². The average molecular weight is 287 g/mol. The van der Waals surface area contributed by atoms with Gasteiger partial charge in [-0.2, -0.15) is 0 Å². The van der Waals surface area contributed by atoms with Gasteiger partial charge >= 0.3 is 0 Å². The van der Waals surface area contributed by atoms with Crippen LogP contribution in [0.1, 0.15) is 11.1 Å². The highest BCUT2D eigenvalue weighted by atomic mass is 19.1. The van der Waals surface area contributed by atoms with Crippen LogP contribution in [0, 0.1) is 12.7 Å². The second kappa shape index (κ2) is 6.74. The van der Waals surface area contributed by atoms with E-state index in [9.17, 15) is 4.39 Å². The van der Waals surface area contributed by atoms with Crippen molar-refractivity contribution in [3.8, 4) is 5.75 Å². The fourth-order valence-corrected chi connectivity index (χ4v) is 1.84. The lowest BCUT2D eigenvalue weighted by Gasteiger charge is -2.10. The number of aliphatic imine (C=N–C) groups is 1. The van der Waals surface area contributed by atoms with Gasteiger partial charge in [0, 0.05) is 0 Å². The first-order valence-electron chi connectivity index (χ1n) is 6.55. The number of aryl methyl sites for hydroxylation is 1. The third kappa shape index (κ3) is 3.95. The van der Waals surface area contributed by atoms with E-state index in [1.54, 1.807) is 20.1 Å². The zero-order chi connectivity index (χ0) is 15.2. The first-order chi connectivity index (χ1) is 10.1. The van der Waals surface area contributed by atoms with E-state index in [0.29, 0.717) is 17.9 Å². The highest BCUT2D eigenvalue weighted by Crippen LogP contribution is 2.22. The standard InChI is InChI=1S/C16H18FN3O/c1-11-7-8-12(9-13(11)17)10-19-16(18)20-14-5-3-4-6-15(14)21-2/h3-9H,10H2,1-2H3,(H3,18,19,20). The number of nitrogens with two attached hydrogens (primary N) is 1. The van der Waals surface area contributed by atoms with Crippen molar-refractivity contribution in [2.24, 2.45) is 10.7 Å². The molecule has 0 spiro atoms. The second-order valence-electron chi connectivity index (χ2n) is 4.61. The minimum atomic E-state index is -0.237. The minimum absolute atomic E-state index is 0.237. The van der Waals surface area contributed by atoms with E-state index in [1.165, 1.54) is 6.07 Å². The summed E-state index contributed by atoms with van der Waals surface area (Å²) in [6.45, 7) is 2.03. The smallest absolute Gasteiger partial charge is 0.193 e. The summed E-state index contributed by atoms with van der Waals surface area (Å²) in [4.78, 5) is 4.20. The molecule has 0 fully saturated rings. The van der Waals surface area contributed by atoms with Gasteiger partial charge in [0.15, 0.2) is 5.96 Å². The van der Waals surface area contributed by atoms with Crippen molar-refractivity contribution < 1.29 is 9.13 Å². The highest BCUT2D eigenvalue weighted by Gasteiger charge is 2.03. The molecule has 5 heteroatoms. The van der Waals surface area contributed by atoms with Crippen LogP contribution < -0.4 is 15.8 Å². The molecule has 0 saturated carbocycles. The van der Waals surface area contributed by atoms with Crippen LogP contribution in [0.2, 0.25) is 0 Å². The molecule has 0 aromatic heterocycles. The number of hydrogen-bond acceptors (Lipinski definition) is 2. The normalized spacial score (nSPS) is 11.3. The predicted molar refractivity (Wildman–Crippen MR) is 83.1 cm³/mol. The second-order valence-corrected chi connectivity index (χ2v) is 4.61. The van der Waals surface area contributed by atoms with Gasteiger partial charge in [-0.15, -0.1) is 0 Å². The Morgan fingerprint density at radius 1 is 1.29 bits per heavy atom. The fourth-order valence-electron chi connectivity index (χ4n) is 1.84.